The van der Waals surface area contributed by atoms with Crippen molar-refractivity contribution in [3.63, 3.8) is 0 Å². The largest absolute Gasteiger partial charge is 0.422 e. The van der Waals surface area contributed by atoms with E-state index >= 15 is 0 Å². The zero-order chi connectivity index (χ0) is 30.6. The predicted octanol–water partition coefficient (Wildman–Crippen LogP) is 10.3. The lowest BCUT2D eigenvalue weighted by molar-refractivity contribution is 0.495. The molecule has 0 saturated carbocycles. The van der Waals surface area contributed by atoms with E-state index in [2.05, 4.69) is 138 Å². The topological polar surface area (TPSA) is 35.1 Å². The van der Waals surface area contributed by atoms with Gasteiger partial charge in [0.25, 0.3) is 0 Å². The van der Waals surface area contributed by atoms with Crippen LogP contribution in [0.25, 0.3) is 55.0 Å². The van der Waals surface area contributed by atoms with Crippen molar-refractivity contribution < 1.29 is 4.42 Å². The number of hydrogen-bond donors (Lipinski definition) is 0. The van der Waals surface area contributed by atoms with E-state index in [0.29, 0.717) is 11.1 Å². The number of nitrogens with zero attached hydrogens (tertiary/aromatic N) is 1. The Hall–Kier alpha value is -5.93. The zero-order valence-corrected chi connectivity index (χ0v) is 25.1. The lowest BCUT2D eigenvalue weighted by Crippen LogP contribution is -2.15. The minimum atomic E-state index is -0.309. The van der Waals surface area contributed by atoms with Crippen molar-refractivity contribution in [2.45, 2.75) is 12.3 Å². The molecule has 3 heteroatoms. The van der Waals surface area contributed by atoms with E-state index in [0.717, 1.165) is 61.7 Å². The number of hydrogen-bond acceptors (Lipinski definition) is 2. The van der Waals surface area contributed by atoms with E-state index in [1.165, 1.54) is 10.9 Å². The number of para-hydroxylation sites is 2. The van der Waals surface area contributed by atoms with E-state index in [1.54, 1.807) is 0 Å². The SMILES string of the molecule is O=c1oc2c(c3cccc(-c4ccc5c(c4)c4ccccc4n5-c4ccccc4)c13)CC(c1ccccc1)C=C2c1ccccc1. The molecule has 3 nitrogen and oxygen atoms in total. The minimum Gasteiger partial charge on any atom is -0.422 e. The molecule has 8 aromatic rings. The Morgan fingerprint density at radius 2 is 1.26 bits per heavy atom. The fraction of sp³-hybridized carbons (Fsp3) is 0.0465. The van der Waals surface area contributed by atoms with Crippen LogP contribution < -0.4 is 5.63 Å². The first-order chi connectivity index (χ1) is 22.7. The van der Waals surface area contributed by atoms with Crippen LogP contribution in [-0.4, -0.2) is 4.57 Å². The Bertz CT molecular complexity index is 2510. The lowest BCUT2D eigenvalue weighted by Gasteiger charge is -2.25. The van der Waals surface area contributed by atoms with Gasteiger partial charge in [0.1, 0.15) is 5.76 Å². The van der Waals surface area contributed by atoms with Gasteiger partial charge in [-0.05, 0) is 64.4 Å². The molecule has 2 heterocycles. The maximum absolute atomic E-state index is 14.0. The van der Waals surface area contributed by atoms with Crippen molar-refractivity contribution in [1.29, 1.82) is 0 Å². The molecule has 6 aromatic carbocycles. The third-order valence-corrected chi connectivity index (χ3v) is 9.41. The van der Waals surface area contributed by atoms with Gasteiger partial charge >= 0.3 is 5.63 Å². The fourth-order valence-corrected chi connectivity index (χ4v) is 7.32. The van der Waals surface area contributed by atoms with E-state index in [9.17, 15) is 4.79 Å². The summed E-state index contributed by atoms with van der Waals surface area (Å²) >= 11 is 0. The van der Waals surface area contributed by atoms with Gasteiger partial charge in [0, 0.05) is 33.5 Å². The Balaban J connectivity index is 1.27. The van der Waals surface area contributed by atoms with Crippen molar-refractivity contribution in [2.24, 2.45) is 0 Å². The van der Waals surface area contributed by atoms with Gasteiger partial charge < -0.3 is 8.98 Å². The molecule has 218 valence electrons. The first-order valence-electron chi connectivity index (χ1n) is 15.7. The first kappa shape index (κ1) is 26.5. The number of allylic oxidation sites excluding steroid dienone is 1. The summed E-state index contributed by atoms with van der Waals surface area (Å²) < 4.78 is 8.63. The highest BCUT2D eigenvalue weighted by molar-refractivity contribution is 6.11. The van der Waals surface area contributed by atoms with Gasteiger partial charge in [0.05, 0.1) is 16.4 Å². The molecule has 46 heavy (non-hydrogen) atoms. The van der Waals surface area contributed by atoms with Crippen LogP contribution in [0, 0.1) is 0 Å². The molecule has 9 rings (SSSR count). The smallest absolute Gasteiger partial charge is 0.344 e. The molecule has 0 saturated heterocycles. The number of rotatable bonds is 4. The second-order valence-corrected chi connectivity index (χ2v) is 12.0. The van der Waals surface area contributed by atoms with Crippen LogP contribution in [0.5, 0.6) is 0 Å². The van der Waals surface area contributed by atoms with Crippen molar-refractivity contribution in [3.05, 3.63) is 191 Å². The molecule has 1 aliphatic carbocycles. The van der Waals surface area contributed by atoms with Crippen LogP contribution in [0.15, 0.2) is 167 Å². The van der Waals surface area contributed by atoms with Crippen molar-refractivity contribution >= 4 is 38.2 Å². The summed E-state index contributed by atoms with van der Waals surface area (Å²) in [5.74, 6) is 0.832. The van der Waals surface area contributed by atoms with Crippen LogP contribution in [0.2, 0.25) is 0 Å². The highest BCUT2D eigenvalue weighted by Gasteiger charge is 2.28. The second-order valence-electron chi connectivity index (χ2n) is 12.0. The molecular formula is C43H29NO2. The summed E-state index contributed by atoms with van der Waals surface area (Å²) in [6, 6.07) is 52.6. The van der Waals surface area contributed by atoms with Gasteiger partial charge in [-0.2, -0.15) is 0 Å². The lowest BCUT2D eigenvalue weighted by atomic mass is 9.80. The summed E-state index contributed by atoms with van der Waals surface area (Å²) in [4.78, 5) is 14.0. The highest BCUT2D eigenvalue weighted by Crippen LogP contribution is 2.42. The highest BCUT2D eigenvalue weighted by atomic mass is 16.4. The van der Waals surface area contributed by atoms with Gasteiger partial charge in [0.15, 0.2) is 0 Å². The van der Waals surface area contributed by atoms with Crippen molar-refractivity contribution in [3.8, 4) is 16.8 Å². The maximum Gasteiger partial charge on any atom is 0.344 e. The molecule has 1 aliphatic rings. The molecule has 0 aliphatic heterocycles. The van der Waals surface area contributed by atoms with Crippen LogP contribution in [0.3, 0.4) is 0 Å². The van der Waals surface area contributed by atoms with Crippen molar-refractivity contribution in [2.75, 3.05) is 0 Å². The molecular weight excluding hydrogens is 562 g/mol. The van der Waals surface area contributed by atoms with E-state index < -0.39 is 0 Å². The number of fused-ring (bicyclic) bond motifs is 6. The van der Waals surface area contributed by atoms with E-state index in [1.807, 2.05) is 24.3 Å². The molecule has 1 unspecified atom stereocenters. The van der Waals surface area contributed by atoms with Gasteiger partial charge in [0.2, 0.25) is 0 Å². The summed E-state index contributed by atoms with van der Waals surface area (Å²) in [6.07, 6.45) is 3.02. The summed E-state index contributed by atoms with van der Waals surface area (Å²) in [5.41, 5.74) is 9.31. The molecule has 0 bridgehead atoms. The maximum atomic E-state index is 14.0. The van der Waals surface area contributed by atoms with E-state index in [4.69, 9.17) is 4.42 Å². The summed E-state index contributed by atoms with van der Waals surface area (Å²) in [7, 11) is 0. The monoisotopic (exact) mass is 591 g/mol. The molecule has 0 radical (unpaired) electrons. The van der Waals surface area contributed by atoms with Crippen LogP contribution in [0.4, 0.5) is 0 Å². The zero-order valence-electron chi connectivity index (χ0n) is 25.1. The van der Waals surface area contributed by atoms with Gasteiger partial charge in [-0.3, -0.25) is 0 Å². The van der Waals surface area contributed by atoms with Gasteiger partial charge in [-0.1, -0.05) is 127 Å². The second kappa shape index (κ2) is 10.6. The molecule has 0 N–H and O–H groups in total. The number of benzene rings is 6. The molecule has 0 fully saturated rings. The van der Waals surface area contributed by atoms with Crippen molar-refractivity contribution in [1.82, 2.24) is 4.57 Å². The third kappa shape index (κ3) is 4.17. The van der Waals surface area contributed by atoms with E-state index in [-0.39, 0.29) is 11.5 Å². The Morgan fingerprint density at radius 3 is 2.07 bits per heavy atom. The fourth-order valence-electron chi connectivity index (χ4n) is 7.32. The average molecular weight is 592 g/mol. The molecule has 0 amide bonds. The predicted molar refractivity (Wildman–Crippen MR) is 189 cm³/mol. The minimum absolute atomic E-state index is 0.156. The van der Waals surface area contributed by atoms with Gasteiger partial charge in [-0.25, -0.2) is 4.79 Å². The standard InChI is InChI=1S/C43H29NO2/c45-43-41-33(30-23-24-40-37(25-30)34-19-10-11-22-39(34)44(40)32-17-8-3-9-18-32)20-12-21-35(41)38-27-31(28-13-4-1-5-14-28)26-36(42(38)46-43)29-15-6-2-7-16-29/h1-26,31H,27H2. The van der Waals surface area contributed by atoms with Crippen LogP contribution in [-0.2, 0) is 6.42 Å². The molecule has 2 aromatic heterocycles. The third-order valence-electron chi connectivity index (χ3n) is 9.41. The molecule has 1 atom stereocenters. The van der Waals surface area contributed by atoms with Crippen LogP contribution >= 0.6 is 0 Å². The molecule has 0 spiro atoms. The quantitative estimate of drug-likeness (QED) is 0.204. The summed E-state index contributed by atoms with van der Waals surface area (Å²) in [5, 5.41) is 3.91. The average Bonchev–Trinajstić information content (AvgIpc) is 3.46. The Morgan fingerprint density at radius 1 is 0.587 bits per heavy atom. The first-order valence-corrected chi connectivity index (χ1v) is 15.7. The Kier molecular flexibility index (Phi) is 6.10. The normalized spacial score (nSPS) is 14.4. The number of aromatic nitrogens is 1. The van der Waals surface area contributed by atoms with Gasteiger partial charge in [-0.15, -0.1) is 0 Å². The summed E-state index contributed by atoms with van der Waals surface area (Å²) in [6.45, 7) is 0. The Labute approximate surface area is 266 Å². The van der Waals surface area contributed by atoms with Crippen LogP contribution in [0.1, 0.15) is 28.4 Å².